The van der Waals surface area contributed by atoms with Gasteiger partial charge in [0.15, 0.2) is 5.78 Å². The van der Waals surface area contributed by atoms with Crippen LogP contribution in [0.1, 0.15) is 23.0 Å². The van der Waals surface area contributed by atoms with Crippen LogP contribution in [-0.2, 0) is 0 Å². The molecule has 0 aliphatic rings. The number of pyridine rings is 1. The molecule has 1 aromatic carbocycles. The van der Waals surface area contributed by atoms with E-state index in [4.69, 9.17) is 0 Å². The molecule has 0 bridgehead atoms. The van der Waals surface area contributed by atoms with Crippen LogP contribution in [0.3, 0.4) is 0 Å². The number of ketones is 1. The average molecular weight is 211 g/mol. The topological polar surface area (TPSA) is 30.0 Å². The summed E-state index contributed by atoms with van der Waals surface area (Å²) in [5.41, 5.74) is 3.65. The molecule has 2 nitrogen and oxygen atoms in total. The zero-order valence-electron chi connectivity index (χ0n) is 9.40. The van der Waals surface area contributed by atoms with Gasteiger partial charge in [0, 0.05) is 23.0 Å². The largest absolute Gasteiger partial charge is 0.294 e. The van der Waals surface area contributed by atoms with Gasteiger partial charge in [0.25, 0.3) is 0 Å². The van der Waals surface area contributed by atoms with Gasteiger partial charge in [-0.15, -0.1) is 0 Å². The number of nitrogens with zero attached hydrogens (tertiary/aromatic N) is 1. The zero-order chi connectivity index (χ0) is 11.5. The molecule has 0 radical (unpaired) electrons. The molecule has 16 heavy (non-hydrogen) atoms. The molecule has 0 fully saturated rings. The van der Waals surface area contributed by atoms with E-state index in [0.717, 1.165) is 22.4 Å². The first-order chi connectivity index (χ1) is 7.68. The standard InChI is InChI=1S/C14H13NO/c1-10-7-8-12(9-15-10)14-6-4-3-5-13(14)11(2)16/h3-9H,1-2H3. The smallest absolute Gasteiger partial charge is 0.160 e. The van der Waals surface area contributed by atoms with E-state index >= 15 is 0 Å². The van der Waals surface area contributed by atoms with Crippen molar-refractivity contribution in [1.82, 2.24) is 4.98 Å². The Labute approximate surface area is 95.0 Å². The molecule has 0 saturated heterocycles. The van der Waals surface area contributed by atoms with E-state index in [1.165, 1.54) is 0 Å². The van der Waals surface area contributed by atoms with Gasteiger partial charge in [0.2, 0.25) is 0 Å². The first-order valence-electron chi connectivity index (χ1n) is 5.21. The van der Waals surface area contributed by atoms with Crippen molar-refractivity contribution in [3.05, 3.63) is 53.9 Å². The normalized spacial score (nSPS) is 10.1. The predicted molar refractivity (Wildman–Crippen MR) is 64.4 cm³/mol. The van der Waals surface area contributed by atoms with Crippen molar-refractivity contribution in [2.75, 3.05) is 0 Å². The molecule has 0 atom stereocenters. The summed E-state index contributed by atoms with van der Waals surface area (Å²) in [6, 6.07) is 11.5. The van der Waals surface area contributed by atoms with E-state index < -0.39 is 0 Å². The molecule has 2 heteroatoms. The first-order valence-corrected chi connectivity index (χ1v) is 5.21. The summed E-state index contributed by atoms with van der Waals surface area (Å²) in [6.45, 7) is 3.53. The molecule has 0 spiro atoms. The maximum atomic E-state index is 11.5. The van der Waals surface area contributed by atoms with Crippen LogP contribution in [0.25, 0.3) is 11.1 Å². The summed E-state index contributed by atoms with van der Waals surface area (Å²) >= 11 is 0. The Bertz CT molecular complexity index is 515. The Balaban J connectivity index is 2.55. The van der Waals surface area contributed by atoms with Crippen LogP contribution in [0.5, 0.6) is 0 Å². The summed E-state index contributed by atoms with van der Waals surface area (Å²) in [5.74, 6) is 0.0798. The summed E-state index contributed by atoms with van der Waals surface area (Å²) < 4.78 is 0. The van der Waals surface area contributed by atoms with Gasteiger partial charge >= 0.3 is 0 Å². The lowest BCUT2D eigenvalue weighted by molar-refractivity contribution is 0.101. The second-order valence-electron chi connectivity index (χ2n) is 3.79. The summed E-state index contributed by atoms with van der Waals surface area (Å²) in [4.78, 5) is 15.7. The first kappa shape index (κ1) is 10.6. The fourth-order valence-electron chi connectivity index (χ4n) is 1.67. The number of benzene rings is 1. The van der Waals surface area contributed by atoms with E-state index in [1.807, 2.05) is 43.3 Å². The van der Waals surface area contributed by atoms with Crippen LogP contribution in [-0.4, -0.2) is 10.8 Å². The molecule has 0 unspecified atom stereocenters. The highest BCUT2D eigenvalue weighted by molar-refractivity contribution is 6.00. The summed E-state index contributed by atoms with van der Waals surface area (Å²) in [5, 5.41) is 0. The van der Waals surface area contributed by atoms with Crippen molar-refractivity contribution in [1.29, 1.82) is 0 Å². The molecule has 1 aromatic heterocycles. The summed E-state index contributed by atoms with van der Waals surface area (Å²) in [6.07, 6.45) is 1.80. The van der Waals surface area contributed by atoms with Gasteiger partial charge in [-0.2, -0.15) is 0 Å². The molecular formula is C14H13NO. The highest BCUT2D eigenvalue weighted by atomic mass is 16.1. The Morgan fingerprint density at radius 1 is 1.12 bits per heavy atom. The third-order valence-electron chi connectivity index (χ3n) is 2.53. The van der Waals surface area contributed by atoms with Crippen LogP contribution in [0.4, 0.5) is 0 Å². The molecule has 80 valence electrons. The predicted octanol–water partition coefficient (Wildman–Crippen LogP) is 3.26. The van der Waals surface area contributed by atoms with Gasteiger partial charge in [-0.3, -0.25) is 9.78 Å². The maximum absolute atomic E-state index is 11.5. The molecule has 2 aromatic rings. The van der Waals surface area contributed by atoms with Crippen LogP contribution in [0.15, 0.2) is 42.6 Å². The van der Waals surface area contributed by atoms with E-state index in [9.17, 15) is 4.79 Å². The maximum Gasteiger partial charge on any atom is 0.160 e. The van der Waals surface area contributed by atoms with Crippen molar-refractivity contribution in [2.24, 2.45) is 0 Å². The number of aryl methyl sites for hydroxylation is 1. The Morgan fingerprint density at radius 3 is 2.50 bits per heavy atom. The highest BCUT2D eigenvalue weighted by Gasteiger charge is 2.07. The number of aromatic nitrogens is 1. The molecule has 0 amide bonds. The van der Waals surface area contributed by atoms with Gasteiger partial charge < -0.3 is 0 Å². The summed E-state index contributed by atoms with van der Waals surface area (Å²) in [7, 11) is 0. The van der Waals surface area contributed by atoms with E-state index in [1.54, 1.807) is 13.1 Å². The third kappa shape index (κ3) is 2.01. The van der Waals surface area contributed by atoms with Gasteiger partial charge in [0.05, 0.1) is 0 Å². The SMILES string of the molecule is CC(=O)c1ccccc1-c1ccc(C)nc1. The van der Waals surface area contributed by atoms with Gasteiger partial charge in [-0.25, -0.2) is 0 Å². The van der Waals surface area contributed by atoms with E-state index in [2.05, 4.69) is 4.98 Å². The van der Waals surface area contributed by atoms with Crippen molar-refractivity contribution in [2.45, 2.75) is 13.8 Å². The van der Waals surface area contributed by atoms with Gasteiger partial charge in [0.1, 0.15) is 0 Å². The fraction of sp³-hybridized carbons (Fsp3) is 0.143. The van der Waals surface area contributed by atoms with Crippen molar-refractivity contribution in [3.8, 4) is 11.1 Å². The Kier molecular flexibility index (Phi) is 2.82. The number of Topliss-reactive ketones (excluding diaryl/α,β-unsaturated/α-hetero) is 1. The highest BCUT2D eigenvalue weighted by Crippen LogP contribution is 2.23. The zero-order valence-corrected chi connectivity index (χ0v) is 9.40. The third-order valence-corrected chi connectivity index (χ3v) is 2.53. The number of rotatable bonds is 2. The van der Waals surface area contributed by atoms with Crippen molar-refractivity contribution < 1.29 is 4.79 Å². The lowest BCUT2D eigenvalue weighted by Gasteiger charge is -2.06. The van der Waals surface area contributed by atoms with Crippen molar-refractivity contribution in [3.63, 3.8) is 0 Å². The molecule has 0 saturated carbocycles. The minimum absolute atomic E-state index is 0.0798. The Morgan fingerprint density at radius 2 is 1.88 bits per heavy atom. The van der Waals surface area contributed by atoms with Crippen LogP contribution < -0.4 is 0 Å². The van der Waals surface area contributed by atoms with Gasteiger partial charge in [-0.05, 0) is 25.5 Å². The van der Waals surface area contributed by atoms with Crippen LogP contribution in [0, 0.1) is 6.92 Å². The minimum Gasteiger partial charge on any atom is -0.294 e. The molecule has 2 rings (SSSR count). The van der Waals surface area contributed by atoms with Crippen LogP contribution >= 0.6 is 0 Å². The molecule has 0 aliphatic carbocycles. The molecule has 0 N–H and O–H groups in total. The molecule has 0 aliphatic heterocycles. The molecule has 1 heterocycles. The lowest BCUT2D eigenvalue weighted by atomic mass is 9.99. The average Bonchev–Trinajstić information content (AvgIpc) is 2.30. The molecular weight excluding hydrogens is 198 g/mol. The number of hydrogen-bond acceptors (Lipinski definition) is 2. The quantitative estimate of drug-likeness (QED) is 0.714. The lowest BCUT2D eigenvalue weighted by Crippen LogP contribution is -1.96. The number of carbonyl (C=O) groups is 1. The van der Waals surface area contributed by atoms with Gasteiger partial charge in [-0.1, -0.05) is 30.3 Å². The second kappa shape index (κ2) is 4.27. The van der Waals surface area contributed by atoms with Crippen LogP contribution in [0.2, 0.25) is 0 Å². The van der Waals surface area contributed by atoms with E-state index in [0.29, 0.717) is 0 Å². The Hall–Kier alpha value is -1.96. The second-order valence-corrected chi connectivity index (χ2v) is 3.79. The van der Waals surface area contributed by atoms with Crippen molar-refractivity contribution >= 4 is 5.78 Å². The number of hydrogen-bond donors (Lipinski definition) is 0. The fourth-order valence-corrected chi connectivity index (χ4v) is 1.67. The minimum atomic E-state index is 0.0798. The van der Waals surface area contributed by atoms with E-state index in [-0.39, 0.29) is 5.78 Å². The number of carbonyl (C=O) groups excluding carboxylic acids is 1. The monoisotopic (exact) mass is 211 g/mol.